The summed E-state index contributed by atoms with van der Waals surface area (Å²) in [7, 11) is 0. The number of carbonyl (C=O) groups excluding carboxylic acids is 1. The van der Waals surface area contributed by atoms with E-state index in [4.69, 9.17) is 4.74 Å². The fraction of sp³-hybridized carbons (Fsp3) is 0.533. The average molecular weight is 264 g/mol. The molecule has 1 aromatic carbocycles. The minimum absolute atomic E-state index is 0.131. The van der Waals surface area contributed by atoms with Gasteiger partial charge in [-0.3, -0.25) is 4.79 Å². The van der Waals surface area contributed by atoms with Gasteiger partial charge >= 0.3 is 5.97 Å². The van der Waals surface area contributed by atoms with Crippen molar-refractivity contribution < 1.29 is 9.53 Å². The van der Waals surface area contributed by atoms with Gasteiger partial charge < -0.3 is 10.2 Å². The van der Waals surface area contributed by atoms with E-state index in [1.807, 2.05) is 65.0 Å². The molecule has 1 rings (SSSR count). The molecule has 0 aromatic heterocycles. The molecule has 1 atom stereocenters. The van der Waals surface area contributed by atoms with Gasteiger partial charge in [-0.25, -0.2) is 5.43 Å². The zero-order chi connectivity index (χ0) is 14.5. The van der Waals surface area contributed by atoms with Crippen molar-refractivity contribution in [3.05, 3.63) is 30.3 Å². The Morgan fingerprint density at radius 3 is 2.21 bits per heavy atom. The van der Waals surface area contributed by atoms with Gasteiger partial charge in [-0.15, -0.1) is 0 Å². The Balaban J connectivity index is 2.61. The highest BCUT2D eigenvalue weighted by Gasteiger charge is 2.27. The van der Waals surface area contributed by atoms with Crippen molar-refractivity contribution in [3.63, 3.8) is 0 Å². The number of rotatable bonds is 5. The van der Waals surface area contributed by atoms with Crippen molar-refractivity contribution in [1.29, 1.82) is 0 Å². The molecule has 0 amide bonds. The molecule has 0 heterocycles. The van der Waals surface area contributed by atoms with Gasteiger partial charge in [-0.2, -0.15) is 0 Å². The average Bonchev–Trinajstić information content (AvgIpc) is 2.27. The molecule has 0 saturated heterocycles. The Hall–Kier alpha value is -1.55. The van der Waals surface area contributed by atoms with Crippen LogP contribution in [0.5, 0.6) is 0 Å². The SMILES string of the molecule is CC(C)[C@H](NNc1ccccc1)C(=O)OC(C)(C)C. The van der Waals surface area contributed by atoms with Gasteiger partial charge in [0, 0.05) is 5.69 Å². The molecule has 0 fully saturated rings. The van der Waals surface area contributed by atoms with E-state index in [2.05, 4.69) is 10.9 Å². The summed E-state index contributed by atoms with van der Waals surface area (Å²) < 4.78 is 5.41. The highest BCUT2D eigenvalue weighted by Crippen LogP contribution is 2.13. The fourth-order valence-corrected chi connectivity index (χ4v) is 1.55. The van der Waals surface area contributed by atoms with Crippen LogP contribution in [0.1, 0.15) is 34.6 Å². The molecule has 19 heavy (non-hydrogen) atoms. The zero-order valence-electron chi connectivity index (χ0n) is 12.4. The lowest BCUT2D eigenvalue weighted by molar-refractivity contribution is -0.158. The maximum atomic E-state index is 12.1. The van der Waals surface area contributed by atoms with E-state index in [0.717, 1.165) is 5.69 Å². The lowest BCUT2D eigenvalue weighted by Gasteiger charge is -2.27. The van der Waals surface area contributed by atoms with Gasteiger partial charge in [-0.05, 0) is 38.8 Å². The standard InChI is InChI=1S/C15H24N2O2/c1-11(2)13(14(18)19-15(3,4)5)17-16-12-9-7-6-8-10-12/h6-11,13,16-17H,1-5H3/t13-/m0/s1. The molecule has 0 saturated carbocycles. The minimum atomic E-state index is -0.474. The first-order chi connectivity index (χ1) is 8.79. The Bertz CT molecular complexity index is 396. The van der Waals surface area contributed by atoms with E-state index in [9.17, 15) is 4.79 Å². The van der Waals surface area contributed by atoms with Gasteiger partial charge in [-0.1, -0.05) is 32.0 Å². The first-order valence-electron chi connectivity index (χ1n) is 6.59. The first-order valence-corrected chi connectivity index (χ1v) is 6.59. The van der Waals surface area contributed by atoms with Gasteiger partial charge in [0.2, 0.25) is 0 Å². The second-order valence-corrected chi connectivity index (χ2v) is 5.89. The molecule has 0 spiro atoms. The van der Waals surface area contributed by atoms with Crippen LogP contribution in [0.25, 0.3) is 0 Å². The Kier molecular flexibility index (Phi) is 5.36. The number of hydrogen-bond donors (Lipinski definition) is 2. The summed E-state index contributed by atoms with van der Waals surface area (Å²) in [5.74, 6) is -0.114. The number of hydrazine groups is 1. The summed E-state index contributed by atoms with van der Waals surface area (Å²) in [6.07, 6.45) is 0. The van der Waals surface area contributed by atoms with E-state index in [-0.39, 0.29) is 17.9 Å². The number of nitrogens with one attached hydrogen (secondary N) is 2. The van der Waals surface area contributed by atoms with Gasteiger partial charge in [0.05, 0.1) is 0 Å². The number of benzene rings is 1. The van der Waals surface area contributed by atoms with Crippen LogP contribution in [-0.2, 0) is 9.53 Å². The topological polar surface area (TPSA) is 50.4 Å². The smallest absolute Gasteiger partial charge is 0.325 e. The van der Waals surface area contributed by atoms with Gasteiger partial charge in [0.15, 0.2) is 0 Å². The van der Waals surface area contributed by atoms with Crippen LogP contribution in [0, 0.1) is 5.92 Å². The third-order valence-corrected chi connectivity index (χ3v) is 2.47. The van der Waals surface area contributed by atoms with Crippen LogP contribution in [0.3, 0.4) is 0 Å². The Morgan fingerprint density at radius 1 is 1.16 bits per heavy atom. The zero-order valence-corrected chi connectivity index (χ0v) is 12.4. The Morgan fingerprint density at radius 2 is 1.74 bits per heavy atom. The summed E-state index contributed by atoms with van der Waals surface area (Å²) in [5.41, 5.74) is 6.52. The van der Waals surface area contributed by atoms with E-state index in [1.54, 1.807) is 0 Å². The molecule has 2 N–H and O–H groups in total. The number of esters is 1. The molecule has 0 radical (unpaired) electrons. The highest BCUT2D eigenvalue weighted by atomic mass is 16.6. The molecule has 4 nitrogen and oxygen atoms in total. The van der Waals surface area contributed by atoms with E-state index in [0.29, 0.717) is 0 Å². The third-order valence-electron chi connectivity index (χ3n) is 2.47. The predicted molar refractivity (Wildman–Crippen MR) is 77.7 cm³/mol. The van der Waals surface area contributed by atoms with Crippen LogP contribution in [-0.4, -0.2) is 17.6 Å². The van der Waals surface area contributed by atoms with Crippen molar-refractivity contribution in [2.45, 2.75) is 46.3 Å². The molecule has 0 unspecified atom stereocenters. The lowest BCUT2D eigenvalue weighted by Crippen LogP contribution is -2.47. The summed E-state index contributed by atoms with van der Waals surface area (Å²) in [6, 6.07) is 9.28. The molecule has 1 aromatic rings. The number of para-hydroxylation sites is 1. The molecule has 4 heteroatoms. The van der Waals surface area contributed by atoms with E-state index in [1.165, 1.54) is 0 Å². The molecular formula is C15H24N2O2. The van der Waals surface area contributed by atoms with Crippen molar-refractivity contribution in [3.8, 4) is 0 Å². The van der Waals surface area contributed by atoms with Crippen LogP contribution in [0.2, 0.25) is 0 Å². The van der Waals surface area contributed by atoms with Crippen LogP contribution in [0.4, 0.5) is 5.69 Å². The van der Waals surface area contributed by atoms with Crippen molar-refractivity contribution in [2.75, 3.05) is 5.43 Å². The quantitative estimate of drug-likeness (QED) is 0.634. The van der Waals surface area contributed by atoms with E-state index < -0.39 is 5.60 Å². The highest BCUT2D eigenvalue weighted by molar-refractivity contribution is 5.76. The van der Waals surface area contributed by atoms with Gasteiger partial charge in [0.25, 0.3) is 0 Å². The molecule has 0 aliphatic heterocycles. The number of anilines is 1. The first kappa shape index (κ1) is 15.5. The molecule has 0 aliphatic rings. The minimum Gasteiger partial charge on any atom is -0.459 e. The number of ether oxygens (including phenoxy) is 1. The molecular weight excluding hydrogens is 240 g/mol. The van der Waals surface area contributed by atoms with Gasteiger partial charge in [0.1, 0.15) is 11.6 Å². The maximum Gasteiger partial charge on any atom is 0.325 e. The summed E-state index contributed by atoms with van der Waals surface area (Å²) in [6.45, 7) is 9.56. The molecule has 106 valence electrons. The van der Waals surface area contributed by atoms with Crippen molar-refractivity contribution in [1.82, 2.24) is 5.43 Å². The predicted octanol–water partition coefficient (Wildman–Crippen LogP) is 2.97. The van der Waals surface area contributed by atoms with Crippen LogP contribution < -0.4 is 10.9 Å². The largest absolute Gasteiger partial charge is 0.459 e. The maximum absolute atomic E-state index is 12.1. The number of carbonyl (C=O) groups is 1. The van der Waals surface area contributed by atoms with Crippen LogP contribution in [0.15, 0.2) is 30.3 Å². The fourth-order valence-electron chi connectivity index (χ4n) is 1.55. The molecule has 0 aliphatic carbocycles. The second kappa shape index (κ2) is 6.57. The normalized spacial score (nSPS) is 13.2. The summed E-state index contributed by atoms with van der Waals surface area (Å²) in [5, 5.41) is 0. The molecule has 0 bridgehead atoms. The monoisotopic (exact) mass is 264 g/mol. The van der Waals surface area contributed by atoms with Crippen molar-refractivity contribution >= 4 is 11.7 Å². The Labute approximate surface area is 115 Å². The second-order valence-electron chi connectivity index (χ2n) is 5.89. The summed E-state index contributed by atoms with van der Waals surface area (Å²) >= 11 is 0. The van der Waals surface area contributed by atoms with E-state index >= 15 is 0 Å². The number of hydrogen-bond acceptors (Lipinski definition) is 4. The lowest BCUT2D eigenvalue weighted by atomic mass is 10.1. The summed E-state index contributed by atoms with van der Waals surface area (Å²) in [4.78, 5) is 12.1. The third kappa shape index (κ3) is 5.75. The van der Waals surface area contributed by atoms with Crippen molar-refractivity contribution in [2.24, 2.45) is 5.92 Å². The van der Waals surface area contributed by atoms with Crippen LogP contribution >= 0.6 is 0 Å².